The van der Waals surface area contributed by atoms with Crippen molar-refractivity contribution in [2.75, 3.05) is 5.32 Å². The first-order valence-corrected chi connectivity index (χ1v) is 4.66. The van der Waals surface area contributed by atoms with Crippen LogP contribution in [0.1, 0.15) is 18.5 Å². The van der Waals surface area contributed by atoms with Gasteiger partial charge in [-0.05, 0) is 19.1 Å². The van der Waals surface area contributed by atoms with E-state index in [4.69, 9.17) is 0 Å². The van der Waals surface area contributed by atoms with Gasteiger partial charge in [-0.2, -0.15) is 13.2 Å². The number of aryl methyl sites for hydroxylation is 1. The molecule has 1 rings (SSSR count). The van der Waals surface area contributed by atoms with E-state index >= 15 is 0 Å². The smallest absolute Gasteiger partial charge is 0.326 e. The Morgan fingerprint density at radius 3 is 2.75 bits per heavy atom. The lowest BCUT2D eigenvalue weighted by Crippen LogP contribution is -2.16. The van der Waals surface area contributed by atoms with Crippen molar-refractivity contribution in [1.29, 1.82) is 0 Å². The van der Waals surface area contributed by atoms with Crippen LogP contribution in [0.25, 0.3) is 0 Å². The maximum absolute atomic E-state index is 11.8. The number of aromatic nitrogens is 1. The third-order valence-electron chi connectivity index (χ3n) is 1.82. The molecule has 6 heteroatoms. The molecule has 0 aromatic carbocycles. The monoisotopic (exact) mass is 232 g/mol. The summed E-state index contributed by atoms with van der Waals surface area (Å²) >= 11 is 0. The van der Waals surface area contributed by atoms with E-state index in [0.29, 0.717) is 11.4 Å². The van der Waals surface area contributed by atoms with Gasteiger partial charge < -0.3 is 5.32 Å². The van der Waals surface area contributed by atoms with Crippen molar-refractivity contribution in [3.8, 4) is 0 Å². The molecule has 0 unspecified atom stereocenters. The standard InChI is InChI=1S/C10H11F3N2O/c1-7-6-8(3-5-14-7)15-9(16)2-4-10(11,12)13/h3,5-6H,2,4H2,1H3,(H,14,15,16). The fraction of sp³-hybridized carbons (Fsp3) is 0.400. The van der Waals surface area contributed by atoms with Gasteiger partial charge in [0.25, 0.3) is 0 Å². The van der Waals surface area contributed by atoms with Gasteiger partial charge in [0.05, 0.1) is 6.42 Å². The summed E-state index contributed by atoms with van der Waals surface area (Å²) in [5.41, 5.74) is 1.15. The van der Waals surface area contributed by atoms with E-state index in [1.54, 1.807) is 13.0 Å². The Labute approximate surface area is 90.7 Å². The Kier molecular flexibility index (Phi) is 3.87. The summed E-state index contributed by atoms with van der Waals surface area (Å²) in [6, 6.07) is 3.12. The molecule has 88 valence electrons. The van der Waals surface area contributed by atoms with E-state index in [1.165, 1.54) is 12.3 Å². The third-order valence-corrected chi connectivity index (χ3v) is 1.82. The van der Waals surface area contributed by atoms with Crippen LogP contribution in [0.5, 0.6) is 0 Å². The summed E-state index contributed by atoms with van der Waals surface area (Å²) in [5, 5.41) is 2.38. The van der Waals surface area contributed by atoms with Gasteiger partial charge in [0.2, 0.25) is 5.91 Å². The van der Waals surface area contributed by atoms with Gasteiger partial charge in [0.15, 0.2) is 0 Å². The first-order valence-electron chi connectivity index (χ1n) is 4.66. The van der Waals surface area contributed by atoms with Gasteiger partial charge >= 0.3 is 6.18 Å². The number of alkyl halides is 3. The highest BCUT2D eigenvalue weighted by Gasteiger charge is 2.27. The van der Waals surface area contributed by atoms with Crippen molar-refractivity contribution in [2.45, 2.75) is 25.9 Å². The molecule has 0 radical (unpaired) electrons. The second kappa shape index (κ2) is 4.96. The fourth-order valence-corrected chi connectivity index (χ4v) is 1.10. The van der Waals surface area contributed by atoms with Gasteiger partial charge in [0.1, 0.15) is 0 Å². The minimum atomic E-state index is -4.30. The third kappa shape index (κ3) is 4.77. The quantitative estimate of drug-likeness (QED) is 0.870. The van der Waals surface area contributed by atoms with Crippen molar-refractivity contribution in [3.05, 3.63) is 24.0 Å². The summed E-state index contributed by atoms with van der Waals surface area (Å²) in [4.78, 5) is 15.0. The highest BCUT2D eigenvalue weighted by molar-refractivity contribution is 5.90. The molecule has 0 bridgehead atoms. The molecule has 1 aromatic heterocycles. The number of halogens is 3. The van der Waals surface area contributed by atoms with Crippen LogP contribution >= 0.6 is 0 Å². The lowest BCUT2D eigenvalue weighted by Gasteiger charge is -2.07. The number of rotatable bonds is 3. The maximum Gasteiger partial charge on any atom is 0.389 e. The molecule has 1 amide bonds. The molecule has 0 atom stereocenters. The van der Waals surface area contributed by atoms with Crippen LogP contribution in [0.15, 0.2) is 18.3 Å². The first kappa shape index (κ1) is 12.5. The molecule has 1 heterocycles. The van der Waals surface area contributed by atoms with Gasteiger partial charge in [-0.25, -0.2) is 0 Å². The van der Waals surface area contributed by atoms with Crippen LogP contribution < -0.4 is 5.32 Å². The van der Waals surface area contributed by atoms with E-state index in [2.05, 4.69) is 10.3 Å². The van der Waals surface area contributed by atoms with Crippen molar-refractivity contribution < 1.29 is 18.0 Å². The van der Waals surface area contributed by atoms with Crippen LogP contribution in [-0.2, 0) is 4.79 Å². The second-order valence-electron chi connectivity index (χ2n) is 3.35. The zero-order valence-electron chi connectivity index (χ0n) is 8.64. The number of carbonyl (C=O) groups excluding carboxylic acids is 1. The minimum absolute atomic E-state index is 0.458. The van der Waals surface area contributed by atoms with Crippen LogP contribution in [0.4, 0.5) is 18.9 Å². The molecule has 0 aliphatic carbocycles. The van der Waals surface area contributed by atoms with E-state index in [0.717, 1.165) is 0 Å². The summed E-state index contributed by atoms with van der Waals surface area (Å²) in [6.45, 7) is 1.73. The summed E-state index contributed by atoms with van der Waals surface area (Å²) in [7, 11) is 0. The first-order chi connectivity index (χ1) is 7.37. The summed E-state index contributed by atoms with van der Waals surface area (Å²) in [6.07, 6.45) is -4.49. The molecule has 0 fully saturated rings. The van der Waals surface area contributed by atoms with E-state index < -0.39 is 24.9 Å². The number of carbonyl (C=O) groups is 1. The Hall–Kier alpha value is -1.59. The number of anilines is 1. The molecule has 16 heavy (non-hydrogen) atoms. The molecular formula is C10H11F3N2O. The maximum atomic E-state index is 11.8. The molecule has 1 N–H and O–H groups in total. The van der Waals surface area contributed by atoms with Crippen LogP contribution in [-0.4, -0.2) is 17.1 Å². The Bertz CT molecular complexity index is 377. The van der Waals surface area contributed by atoms with Gasteiger partial charge in [-0.15, -0.1) is 0 Å². The second-order valence-corrected chi connectivity index (χ2v) is 3.35. The lowest BCUT2D eigenvalue weighted by molar-refractivity contribution is -0.142. The molecule has 0 saturated carbocycles. The predicted octanol–water partition coefficient (Wildman–Crippen LogP) is 2.67. The lowest BCUT2D eigenvalue weighted by atomic mass is 10.2. The highest BCUT2D eigenvalue weighted by Crippen LogP contribution is 2.21. The Balaban J connectivity index is 2.46. The zero-order chi connectivity index (χ0) is 12.2. The number of nitrogens with one attached hydrogen (secondary N) is 1. The van der Waals surface area contributed by atoms with Crippen LogP contribution in [0.3, 0.4) is 0 Å². The van der Waals surface area contributed by atoms with Crippen molar-refractivity contribution in [1.82, 2.24) is 4.98 Å². The normalized spacial score (nSPS) is 11.2. The average molecular weight is 232 g/mol. The number of amides is 1. The molecule has 0 saturated heterocycles. The Morgan fingerprint density at radius 1 is 1.50 bits per heavy atom. The van der Waals surface area contributed by atoms with Crippen molar-refractivity contribution in [3.63, 3.8) is 0 Å². The van der Waals surface area contributed by atoms with E-state index in [-0.39, 0.29) is 0 Å². The Morgan fingerprint density at radius 2 is 2.19 bits per heavy atom. The largest absolute Gasteiger partial charge is 0.389 e. The van der Waals surface area contributed by atoms with Crippen LogP contribution in [0.2, 0.25) is 0 Å². The summed E-state index contributed by atoms with van der Waals surface area (Å²) in [5.74, 6) is -0.650. The van der Waals surface area contributed by atoms with E-state index in [9.17, 15) is 18.0 Å². The molecule has 0 spiro atoms. The topological polar surface area (TPSA) is 42.0 Å². The number of hydrogen-bond donors (Lipinski definition) is 1. The minimum Gasteiger partial charge on any atom is -0.326 e. The van der Waals surface area contributed by atoms with E-state index in [1.807, 2.05) is 0 Å². The number of pyridine rings is 1. The van der Waals surface area contributed by atoms with Crippen LogP contribution in [0, 0.1) is 6.92 Å². The average Bonchev–Trinajstić information content (AvgIpc) is 2.14. The predicted molar refractivity (Wildman–Crippen MR) is 52.9 cm³/mol. The number of nitrogens with zero attached hydrogens (tertiary/aromatic N) is 1. The number of hydrogen-bond acceptors (Lipinski definition) is 2. The molecule has 0 aliphatic rings. The molecule has 3 nitrogen and oxygen atoms in total. The van der Waals surface area contributed by atoms with Gasteiger partial charge in [-0.1, -0.05) is 0 Å². The fourth-order valence-electron chi connectivity index (χ4n) is 1.10. The van der Waals surface area contributed by atoms with Crippen molar-refractivity contribution >= 4 is 11.6 Å². The van der Waals surface area contributed by atoms with Gasteiger partial charge in [-0.3, -0.25) is 9.78 Å². The zero-order valence-corrected chi connectivity index (χ0v) is 8.64. The van der Waals surface area contributed by atoms with Crippen molar-refractivity contribution in [2.24, 2.45) is 0 Å². The van der Waals surface area contributed by atoms with Gasteiger partial charge in [0, 0.05) is 24.0 Å². The highest BCUT2D eigenvalue weighted by atomic mass is 19.4. The summed E-state index contributed by atoms with van der Waals surface area (Å²) < 4.78 is 35.5. The molecular weight excluding hydrogens is 221 g/mol. The SMILES string of the molecule is Cc1cc(NC(=O)CCC(F)(F)F)ccn1. The molecule has 0 aliphatic heterocycles. The molecule has 1 aromatic rings.